The van der Waals surface area contributed by atoms with Crippen LogP contribution in [0.3, 0.4) is 0 Å². The number of benzene rings is 1. The summed E-state index contributed by atoms with van der Waals surface area (Å²) in [6.45, 7) is 0.298. The standard InChI is InChI=1S/C17H22N6O5/c18-17(19)21-10-5-3-9(4-6-10)14(26)20-7-1-2-11-15(27)23-12(8-13(24)25)16(28)22-11/h3-6,11-12H,1-2,7-8H2,(H,20,26)(H,22,28)(H,23,27)(H,24,25)(H4,18,19,21)/t11-,12-/m0/s1. The van der Waals surface area contributed by atoms with Gasteiger partial charge in [0.15, 0.2) is 5.96 Å². The number of carbonyl (C=O) groups is 4. The first-order valence-corrected chi connectivity index (χ1v) is 8.56. The summed E-state index contributed by atoms with van der Waals surface area (Å²) < 4.78 is 0. The minimum atomic E-state index is -1.17. The normalized spacial score (nSPS) is 18.6. The Morgan fingerprint density at radius 2 is 1.68 bits per heavy atom. The van der Waals surface area contributed by atoms with E-state index < -0.39 is 36.3 Å². The van der Waals surface area contributed by atoms with Crippen LogP contribution < -0.4 is 27.4 Å². The molecule has 1 aromatic rings. The number of aliphatic imine (C=N–C) groups is 1. The van der Waals surface area contributed by atoms with Gasteiger partial charge in [0.05, 0.1) is 12.1 Å². The number of carbonyl (C=O) groups excluding carboxylic acids is 3. The summed E-state index contributed by atoms with van der Waals surface area (Å²) in [6.07, 6.45) is 0.281. The molecule has 8 N–H and O–H groups in total. The van der Waals surface area contributed by atoms with Crippen molar-refractivity contribution in [3.63, 3.8) is 0 Å². The lowest BCUT2D eigenvalue weighted by molar-refractivity contribution is -0.143. The number of rotatable bonds is 8. The van der Waals surface area contributed by atoms with Crippen molar-refractivity contribution in [3.05, 3.63) is 29.8 Å². The number of piperazine rings is 1. The Bertz CT molecular complexity index is 788. The molecule has 2 rings (SSSR count). The predicted molar refractivity (Wildman–Crippen MR) is 99.6 cm³/mol. The first-order chi connectivity index (χ1) is 13.3. The second-order valence-corrected chi connectivity index (χ2v) is 6.20. The van der Waals surface area contributed by atoms with Crippen LogP contribution in [0, 0.1) is 0 Å². The van der Waals surface area contributed by atoms with Gasteiger partial charge in [-0.2, -0.15) is 0 Å². The average molecular weight is 390 g/mol. The zero-order valence-electron chi connectivity index (χ0n) is 15.0. The number of nitrogens with two attached hydrogens (primary N) is 2. The number of amides is 3. The molecule has 1 aliphatic heterocycles. The maximum absolute atomic E-state index is 12.1. The van der Waals surface area contributed by atoms with Gasteiger partial charge in [-0.25, -0.2) is 4.99 Å². The molecular weight excluding hydrogens is 368 g/mol. The fraction of sp³-hybridized carbons (Fsp3) is 0.353. The van der Waals surface area contributed by atoms with Crippen LogP contribution >= 0.6 is 0 Å². The van der Waals surface area contributed by atoms with Gasteiger partial charge >= 0.3 is 5.97 Å². The smallest absolute Gasteiger partial charge is 0.305 e. The quantitative estimate of drug-likeness (QED) is 0.178. The molecule has 0 spiro atoms. The van der Waals surface area contributed by atoms with E-state index in [9.17, 15) is 19.2 Å². The van der Waals surface area contributed by atoms with E-state index in [0.717, 1.165) is 0 Å². The van der Waals surface area contributed by atoms with Gasteiger partial charge in [-0.15, -0.1) is 0 Å². The minimum Gasteiger partial charge on any atom is -0.481 e. The Labute approximate surface area is 160 Å². The molecule has 0 saturated carbocycles. The Kier molecular flexibility index (Phi) is 6.90. The van der Waals surface area contributed by atoms with Crippen LogP contribution in [0.2, 0.25) is 0 Å². The maximum atomic E-state index is 12.1. The fourth-order valence-electron chi connectivity index (χ4n) is 2.64. The highest BCUT2D eigenvalue weighted by Crippen LogP contribution is 2.12. The lowest BCUT2D eigenvalue weighted by atomic mass is 10.0. The third-order valence-electron chi connectivity index (χ3n) is 3.99. The molecule has 3 amide bonds. The topological polar surface area (TPSA) is 189 Å². The van der Waals surface area contributed by atoms with E-state index in [-0.39, 0.29) is 11.9 Å². The molecule has 11 heteroatoms. The minimum absolute atomic E-state index is 0.0784. The van der Waals surface area contributed by atoms with Gasteiger partial charge in [0, 0.05) is 12.1 Å². The molecule has 0 radical (unpaired) electrons. The molecule has 0 bridgehead atoms. The van der Waals surface area contributed by atoms with Gasteiger partial charge in [-0.05, 0) is 37.1 Å². The van der Waals surface area contributed by atoms with Crippen molar-refractivity contribution in [2.24, 2.45) is 16.5 Å². The highest BCUT2D eigenvalue weighted by atomic mass is 16.4. The van der Waals surface area contributed by atoms with Crippen LogP contribution in [0.15, 0.2) is 29.3 Å². The van der Waals surface area contributed by atoms with Crippen molar-refractivity contribution in [3.8, 4) is 0 Å². The molecule has 28 heavy (non-hydrogen) atoms. The van der Waals surface area contributed by atoms with Crippen molar-refractivity contribution in [2.45, 2.75) is 31.3 Å². The van der Waals surface area contributed by atoms with Crippen LogP contribution in [0.4, 0.5) is 5.69 Å². The molecule has 150 valence electrons. The molecule has 1 saturated heterocycles. The van der Waals surface area contributed by atoms with Gasteiger partial charge in [-0.1, -0.05) is 0 Å². The SMILES string of the molecule is NC(N)=Nc1ccc(C(=O)NCCC[C@@H]2NC(=O)[C@H](CC(=O)O)NC2=O)cc1. The van der Waals surface area contributed by atoms with E-state index in [2.05, 4.69) is 20.9 Å². The van der Waals surface area contributed by atoms with Crippen LogP contribution in [0.5, 0.6) is 0 Å². The van der Waals surface area contributed by atoms with Gasteiger partial charge in [-0.3, -0.25) is 19.2 Å². The van der Waals surface area contributed by atoms with Crippen molar-refractivity contribution in [2.75, 3.05) is 6.54 Å². The van der Waals surface area contributed by atoms with E-state index in [1.54, 1.807) is 24.3 Å². The lowest BCUT2D eigenvalue weighted by Gasteiger charge is -2.28. The second kappa shape index (κ2) is 9.35. The highest BCUT2D eigenvalue weighted by molar-refractivity contribution is 5.98. The molecule has 1 heterocycles. The van der Waals surface area contributed by atoms with Gasteiger partial charge in [0.25, 0.3) is 5.91 Å². The number of carboxylic acid groups (broad SMARTS) is 1. The van der Waals surface area contributed by atoms with E-state index >= 15 is 0 Å². The highest BCUT2D eigenvalue weighted by Gasteiger charge is 2.34. The molecular formula is C17H22N6O5. The Morgan fingerprint density at radius 1 is 1.07 bits per heavy atom. The first-order valence-electron chi connectivity index (χ1n) is 8.56. The number of hydrogen-bond acceptors (Lipinski definition) is 5. The number of hydrogen-bond donors (Lipinski definition) is 6. The molecule has 0 aliphatic carbocycles. The summed E-state index contributed by atoms with van der Waals surface area (Å²) in [5, 5.41) is 16.3. The summed E-state index contributed by atoms with van der Waals surface area (Å²) in [5.74, 6) is -2.52. The third kappa shape index (κ3) is 5.97. The maximum Gasteiger partial charge on any atom is 0.305 e. The van der Waals surface area contributed by atoms with Crippen LogP contribution in [-0.2, 0) is 14.4 Å². The van der Waals surface area contributed by atoms with Crippen molar-refractivity contribution >= 4 is 35.3 Å². The lowest BCUT2D eigenvalue weighted by Crippen LogP contribution is -2.62. The second-order valence-electron chi connectivity index (χ2n) is 6.20. The predicted octanol–water partition coefficient (Wildman–Crippen LogP) is -1.44. The van der Waals surface area contributed by atoms with Crippen molar-refractivity contribution in [1.82, 2.24) is 16.0 Å². The number of carboxylic acids is 1. The third-order valence-corrected chi connectivity index (χ3v) is 3.99. The first kappa shape index (κ1) is 20.7. The molecule has 2 atom stereocenters. The molecule has 0 unspecified atom stereocenters. The monoisotopic (exact) mass is 390 g/mol. The number of guanidine groups is 1. The van der Waals surface area contributed by atoms with Gasteiger partial charge in [0.1, 0.15) is 12.1 Å². The molecule has 1 aromatic carbocycles. The summed E-state index contributed by atoms with van der Waals surface area (Å²) in [6, 6.07) is 4.54. The van der Waals surface area contributed by atoms with E-state index in [1.807, 2.05) is 0 Å². The van der Waals surface area contributed by atoms with Crippen molar-refractivity contribution in [1.29, 1.82) is 0 Å². The Balaban J connectivity index is 1.76. The summed E-state index contributed by atoms with van der Waals surface area (Å²) >= 11 is 0. The van der Waals surface area contributed by atoms with Crippen LogP contribution in [-0.4, -0.2) is 53.4 Å². The average Bonchev–Trinajstić information content (AvgIpc) is 2.62. The molecule has 11 nitrogen and oxygen atoms in total. The zero-order valence-corrected chi connectivity index (χ0v) is 15.0. The Morgan fingerprint density at radius 3 is 2.29 bits per heavy atom. The zero-order chi connectivity index (χ0) is 20.7. The molecule has 0 aromatic heterocycles. The number of aliphatic carboxylic acids is 1. The Hall–Kier alpha value is -3.63. The van der Waals surface area contributed by atoms with Gasteiger partial charge < -0.3 is 32.5 Å². The summed E-state index contributed by atoms with van der Waals surface area (Å²) in [4.78, 5) is 50.4. The van der Waals surface area contributed by atoms with Crippen LogP contribution in [0.25, 0.3) is 0 Å². The van der Waals surface area contributed by atoms with Gasteiger partial charge in [0.2, 0.25) is 11.8 Å². The van der Waals surface area contributed by atoms with E-state index in [4.69, 9.17) is 16.6 Å². The molecule has 1 aliphatic rings. The summed E-state index contributed by atoms with van der Waals surface area (Å²) in [7, 11) is 0. The van der Waals surface area contributed by atoms with Crippen LogP contribution in [0.1, 0.15) is 29.6 Å². The van der Waals surface area contributed by atoms with E-state index in [0.29, 0.717) is 30.6 Å². The number of nitrogens with one attached hydrogen (secondary N) is 3. The largest absolute Gasteiger partial charge is 0.481 e. The number of nitrogens with zero attached hydrogens (tertiary/aromatic N) is 1. The van der Waals surface area contributed by atoms with Crippen molar-refractivity contribution < 1.29 is 24.3 Å². The summed E-state index contributed by atoms with van der Waals surface area (Å²) in [5.41, 5.74) is 11.5. The molecule has 1 fully saturated rings. The fourth-order valence-corrected chi connectivity index (χ4v) is 2.64. The van der Waals surface area contributed by atoms with E-state index in [1.165, 1.54) is 0 Å².